The molecule has 78 valence electrons. The van der Waals surface area contributed by atoms with Gasteiger partial charge in [0.2, 0.25) is 0 Å². The Bertz CT molecular complexity index is 276. The number of piperidine rings is 1. The van der Waals surface area contributed by atoms with Crippen LogP contribution in [-0.4, -0.2) is 34.2 Å². The van der Waals surface area contributed by atoms with Gasteiger partial charge >= 0.3 is 0 Å². The molecule has 2 heterocycles. The first-order valence-corrected chi connectivity index (χ1v) is 5.97. The number of hydrogen-bond donors (Lipinski definition) is 1. The van der Waals surface area contributed by atoms with Crippen molar-refractivity contribution in [1.29, 1.82) is 0 Å². The Morgan fingerprint density at radius 2 is 2.57 bits per heavy atom. The van der Waals surface area contributed by atoms with Gasteiger partial charge in [0.05, 0.1) is 17.3 Å². The van der Waals surface area contributed by atoms with Crippen molar-refractivity contribution in [3.05, 3.63) is 16.6 Å². The molecule has 0 amide bonds. The molecule has 14 heavy (non-hydrogen) atoms. The molecule has 0 bridgehead atoms. The van der Waals surface area contributed by atoms with E-state index in [0.29, 0.717) is 5.92 Å². The zero-order valence-corrected chi connectivity index (χ0v) is 9.20. The summed E-state index contributed by atoms with van der Waals surface area (Å²) in [6.45, 7) is 4.87. The van der Waals surface area contributed by atoms with E-state index in [0.717, 1.165) is 31.7 Å². The summed E-state index contributed by atoms with van der Waals surface area (Å²) in [4.78, 5) is 6.53. The smallest absolute Gasteiger partial charge is 0.0795 e. The van der Waals surface area contributed by atoms with Gasteiger partial charge in [-0.25, -0.2) is 4.98 Å². The highest BCUT2D eigenvalue weighted by molar-refractivity contribution is 7.07. The summed E-state index contributed by atoms with van der Waals surface area (Å²) in [5.41, 5.74) is 2.98. The molecule has 3 nitrogen and oxygen atoms in total. The van der Waals surface area contributed by atoms with Gasteiger partial charge in [-0.05, 0) is 18.9 Å². The fraction of sp³-hybridized carbons (Fsp3) is 0.700. The topological polar surface area (TPSA) is 36.4 Å². The quantitative estimate of drug-likeness (QED) is 0.804. The molecule has 1 saturated heterocycles. The Labute approximate surface area is 88.4 Å². The maximum absolute atomic E-state index is 9.72. The molecule has 2 rings (SSSR count). The first-order valence-electron chi connectivity index (χ1n) is 5.03. The highest BCUT2D eigenvalue weighted by Crippen LogP contribution is 2.18. The van der Waals surface area contributed by atoms with E-state index < -0.39 is 0 Å². The molecule has 1 aromatic heterocycles. The summed E-state index contributed by atoms with van der Waals surface area (Å²) >= 11 is 1.63. The van der Waals surface area contributed by atoms with Crippen molar-refractivity contribution in [2.45, 2.75) is 26.0 Å². The SMILES string of the molecule is CC1CCN(Cc2cscn2)CC1O. The van der Waals surface area contributed by atoms with Crippen molar-refractivity contribution in [2.24, 2.45) is 5.92 Å². The molecule has 1 aliphatic heterocycles. The number of aliphatic hydroxyl groups excluding tert-OH is 1. The van der Waals surface area contributed by atoms with Crippen LogP contribution in [0.4, 0.5) is 0 Å². The third-order valence-corrected chi connectivity index (χ3v) is 3.51. The molecule has 1 aromatic rings. The number of nitrogens with zero attached hydrogens (tertiary/aromatic N) is 2. The van der Waals surface area contributed by atoms with Crippen LogP contribution in [0.1, 0.15) is 19.0 Å². The van der Waals surface area contributed by atoms with Crippen LogP contribution in [0.2, 0.25) is 0 Å². The van der Waals surface area contributed by atoms with Crippen LogP contribution in [0, 0.1) is 5.92 Å². The van der Waals surface area contributed by atoms with Gasteiger partial charge in [-0.15, -0.1) is 11.3 Å². The molecular formula is C10H16N2OS. The number of aliphatic hydroxyl groups is 1. The van der Waals surface area contributed by atoms with E-state index in [1.807, 2.05) is 5.51 Å². The zero-order chi connectivity index (χ0) is 9.97. The Hall–Kier alpha value is -0.450. The second kappa shape index (κ2) is 4.38. The van der Waals surface area contributed by atoms with Crippen molar-refractivity contribution in [3.63, 3.8) is 0 Å². The molecule has 0 spiro atoms. The molecule has 1 N–H and O–H groups in total. The number of aromatic nitrogens is 1. The van der Waals surface area contributed by atoms with E-state index in [1.165, 1.54) is 0 Å². The molecule has 0 radical (unpaired) electrons. The third-order valence-electron chi connectivity index (χ3n) is 2.87. The molecule has 0 aromatic carbocycles. The van der Waals surface area contributed by atoms with Crippen LogP contribution in [0.15, 0.2) is 10.9 Å². The first kappa shape index (κ1) is 10.1. The molecular weight excluding hydrogens is 196 g/mol. The minimum Gasteiger partial charge on any atom is -0.392 e. The summed E-state index contributed by atoms with van der Waals surface area (Å²) in [5.74, 6) is 0.446. The summed E-state index contributed by atoms with van der Waals surface area (Å²) in [7, 11) is 0. The lowest BCUT2D eigenvalue weighted by Gasteiger charge is -2.33. The second-order valence-electron chi connectivity index (χ2n) is 4.05. The van der Waals surface area contributed by atoms with Crippen LogP contribution < -0.4 is 0 Å². The van der Waals surface area contributed by atoms with E-state index in [1.54, 1.807) is 11.3 Å². The lowest BCUT2D eigenvalue weighted by molar-refractivity contribution is 0.0255. The monoisotopic (exact) mass is 212 g/mol. The lowest BCUT2D eigenvalue weighted by atomic mass is 9.96. The van der Waals surface area contributed by atoms with Gasteiger partial charge in [0, 0.05) is 18.5 Å². The number of likely N-dealkylation sites (tertiary alicyclic amines) is 1. The van der Waals surface area contributed by atoms with Gasteiger partial charge < -0.3 is 5.11 Å². The summed E-state index contributed by atoms with van der Waals surface area (Å²) in [5, 5.41) is 11.8. The average Bonchev–Trinajstić information content (AvgIpc) is 2.64. The average molecular weight is 212 g/mol. The predicted molar refractivity (Wildman–Crippen MR) is 57.2 cm³/mol. The van der Waals surface area contributed by atoms with Gasteiger partial charge in [-0.3, -0.25) is 4.90 Å². The number of rotatable bonds is 2. The van der Waals surface area contributed by atoms with Crippen molar-refractivity contribution in [1.82, 2.24) is 9.88 Å². The molecule has 2 unspecified atom stereocenters. The molecule has 1 aliphatic rings. The van der Waals surface area contributed by atoms with Gasteiger partial charge in [0.15, 0.2) is 0 Å². The fourth-order valence-corrected chi connectivity index (χ4v) is 2.35. The van der Waals surface area contributed by atoms with Crippen molar-refractivity contribution < 1.29 is 5.11 Å². The first-order chi connectivity index (χ1) is 6.75. The Morgan fingerprint density at radius 1 is 1.71 bits per heavy atom. The van der Waals surface area contributed by atoms with E-state index in [4.69, 9.17) is 0 Å². The number of β-amino-alcohol motifs (C(OH)–C–C–N with tert-alkyl or cyclic N) is 1. The van der Waals surface area contributed by atoms with Gasteiger partial charge in [-0.1, -0.05) is 6.92 Å². The summed E-state index contributed by atoms with van der Waals surface area (Å²) < 4.78 is 0. The van der Waals surface area contributed by atoms with E-state index in [2.05, 4.69) is 22.2 Å². The zero-order valence-electron chi connectivity index (χ0n) is 8.39. The molecule has 0 aliphatic carbocycles. The van der Waals surface area contributed by atoms with E-state index >= 15 is 0 Å². The van der Waals surface area contributed by atoms with Gasteiger partial charge in [0.25, 0.3) is 0 Å². The standard InChI is InChI=1S/C10H16N2OS/c1-8-2-3-12(5-10(8)13)4-9-6-14-7-11-9/h6-8,10,13H,2-5H2,1H3. The minimum absolute atomic E-state index is 0.164. The van der Waals surface area contributed by atoms with E-state index in [9.17, 15) is 5.11 Å². The summed E-state index contributed by atoms with van der Waals surface area (Å²) in [6.07, 6.45) is 0.924. The van der Waals surface area contributed by atoms with Crippen LogP contribution in [0.3, 0.4) is 0 Å². The molecule has 0 saturated carbocycles. The predicted octanol–water partition coefficient (Wildman–Crippen LogP) is 1.35. The maximum atomic E-state index is 9.72. The van der Waals surface area contributed by atoms with Crippen LogP contribution in [0.25, 0.3) is 0 Å². The van der Waals surface area contributed by atoms with Crippen molar-refractivity contribution >= 4 is 11.3 Å². The minimum atomic E-state index is -0.164. The number of thiazole rings is 1. The lowest BCUT2D eigenvalue weighted by Crippen LogP contribution is -2.42. The highest BCUT2D eigenvalue weighted by Gasteiger charge is 2.24. The fourth-order valence-electron chi connectivity index (χ4n) is 1.80. The van der Waals surface area contributed by atoms with Gasteiger partial charge in [-0.2, -0.15) is 0 Å². The van der Waals surface area contributed by atoms with Crippen LogP contribution >= 0.6 is 11.3 Å². The third kappa shape index (κ3) is 2.32. The Morgan fingerprint density at radius 3 is 3.21 bits per heavy atom. The Kier molecular flexibility index (Phi) is 3.15. The van der Waals surface area contributed by atoms with E-state index in [-0.39, 0.29) is 6.10 Å². The van der Waals surface area contributed by atoms with Crippen LogP contribution in [0.5, 0.6) is 0 Å². The van der Waals surface area contributed by atoms with Gasteiger partial charge in [0.1, 0.15) is 0 Å². The molecule has 1 fully saturated rings. The second-order valence-corrected chi connectivity index (χ2v) is 4.77. The number of hydrogen-bond acceptors (Lipinski definition) is 4. The maximum Gasteiger partial charge on any atom is 0.0795 e. The van der Waals surface area contributed by atoms with Crippen molar-refractivity contribution in [2.75, 3.05) is 13.1 Å². The van der Waals surface area contributed by atoms with Crippen molar-refractivity contribution in [3.8, 4) is 0 Å². The summed E-state index contributed by atoms with van der Waals surface area (Å²) in [6, 6.07) is 0. The van der Waals surface area contributed by atoms with Crippen LogP contribution in [-0.2, 0) is 6.54 Å². The normalized spacial score (nSPS) is 29.3. The molecule has 2 atom stereocenters. The Balaban J connectivity index is 1.88. The highest BCUT2D eigenvalue weighted by atomic mass is 32.1. The molecule has 4 heteroatoms. The largest absolute Gasteiger partial charge is 0.392 e.